The van der Waals surface area contributed by atoms with E-state index < -0.39 is 0 Å². The van der Waals surface area contributed by atoms with Crippen LogP contribution in [-0.4, -0.2) is 28.3 Å². The first-order valence-electron chi connectivity index (χ1n) is 10.3. The highest BCUT2D eigenvalue weighted by atomic mass is 16.2. The van der Waals surface area contributed by atoms with Crippen LogP contribution in [0.25, 0.3) is 0 Å². The molecular weight excluding hydrogens is 390 g/mol. The van der Waals surface area contributed by atoms with Crippen molar-refractivity contribution in [2.45, 2.75) is 39.2 Å². The van der Waals surface area contributed by atoms with Gasteiger partial charge in [0.15, 0.2) is 0 Å². The van der Waals surface area contributed by atoms with Crippen LogP contribution in [0.4, 0.5) is 16.3 Å². The second-order valence-electron chi connectivity index (χ2n) is 8.37. The van der Waals surface area contributed by atoms with Gasteiger partial charge in [-0.15, -0.1) is 0 Å². The average molecular weight is 420 g/mol. The molecule has 31 heavy (non-hydrogen) atoms. The number of para-hydroxylation sites is 1. The monoisotopic (exact) mass is 419 g/mol. The zero-order valence-corrected chi connectivity index (χ0v) is 18.2. The summed E-state index contributed by atoms with van der Waals surface area (Å²) in [4.78, 5) is 24.2. The van der Waals surface area contributed by atoms with Crippen molar-refractivity contribution in [2.24, 2.45) is 0 Å². The van der Waals surface area contributed by atoms with E-state index in [0.29, 0.717) is 18.1 Å². The second kappa shape index (κ2) is 9.93. The fourth-order valence-corrected chi connectivity index (χ4v) is 3.04. The highest BCUT2D eigenvalue weighted by Crippen LogP contribution is 2.22. The SMILES string of the molecule is CC(C)(C)c1ccc(Cn2nccc2NC(=O)CCNC(=O)Nc2ccccc2)cc1. The number of anilines is 2. The lowest BCUT2D eigenvalue weighted by molar-refractivity contribution is -0.116. The zero-order valence-electron chi connectivity index (χ0n) is 18.2. The molecule has 0 aliphatic carbocycles. The van der Waals surface area contributed by atoms with Crippen LogP contribution in [0.5, 0.6) is 0 Å². The molecule has 3 rings (SSSR count). The van der Waals surface area contributed by atoms with E-state index in [1.807, 2.05) is 18.2 Å². The van der Waals surface area contributed by atoms with E-state index >= 15 is 0 Å². The number of nitrogens with zero attached hydrogens (tertiary/aromatic N) is 2. The van der Waals surface area contributed by atoms with Gasteiger partial charge in [-0.3, -0.25) is 4.79 Å². The summed E-state index contributed by atoms with van der Waals surface area (Å²) in [5.74, 6) is 0.434. The highest BCUT2D eigenvalue weighted by molar-refractivity contribution is 5.91. The summed E-state index contributed by atoms with van der Waals surface area (Å²) in [7, 11) is 0. The molecule has 1 aromatic heterocycles. The zero-order chi connectivity index (χ0) is 22.3. The molecule has 0 radical (unpaired) electrons. The number of benzene rings is 2. The van der Waals surface area contributed by atoms with Gasteiger partial charge in [0.1, 0.15) is 5.82 Å². The Morgan fingerprint density at radius 3 is 2.32 bits per heavy atom. The molecule has 0 aliphatic heterocycles. The summed E-state index contributed by atoms with van der Waals surface area (Å²) in [6.45, 7) is 7.34. The Kier molecular flexibility index (Phi) is 7.07. The van der Waals surface area contributed by atoms with Gasteiger partial charge in [0.05, 0.1) is 12.7 Å². The number of carbonyl (C=O) groups is 2. The Hall–Kier alpha value is -3.61. The van der Waals surface area contributed by atoms with Crippen LogP contribution in [-0.2, 0) is 16.8 Å². The summed E-state index contributed by atoms with van der Waals surface area (Å²) in [5, 5.41) is 12.6. The van der Waals surface area contributed by atoms with Crippen molar-refractivity contribution in [3.8, 4) is 0 Å². The van der Waals surface area contributed by atoms with Crippen molar-refractivity contribution >= 4 is 23.4 Å². The van der Waals surface area contributed by atoms with Gasteiger partial charge in [0, 0.05) is 24.7 Å². The molecule has 0 saturated heterocycles. The lowest BCUT2D eigenvalue weighted by Crippen LogP contribution is -2.31. The molecule has 0 bridgehead atoms. The van der Waals surface area contributed by atoms with Gasteiger partial charge >= 0.3 is 6.03 Å². The molecule has 7 heteroatoms. The fourth-order valence-electron chi connectivity index (χ4n) is 3.04. The van der Waals surface area contributed by atoms with Crippen LogP contribution in [0.15, 0.2) is 66.9 Å². The Labute approximate surface area is 182 Å². The number of urea groups is 1. The van der Waals surface area contributed by atoms with E-state index in [2.05, 4.69) is 66.1 Å². The summed E-state index contributed by atoms with van der Waals surface area (Å²) in [6, 6.07) is 19.0. The number of rotatable bonds is 7. The van der Waals surface area contributed by atoms with Gasteiger partial charge < -0.3 is 16.0 Å². The second-order valence-corrected chi connectivity index (χ2v) is 8.37. The molecule has 0 saturated carbocycles. The Morgan fingerprint density at radius 1 is 0.935 bits per heavy atom. The van der Waals surface area contributed by atoms with Crippen molar-refractivity contribution in [2.75, 3.05) is 17.2 Å². The molecule has 0 fully saturated rings. The predicted octanol–water partition coefficient (Wildman–Crippen LogP) is 4.38. The van der Waals surface area contributed by atoms with Crippen molar-refractivity contribution in [1.29, 1.82) is 0 Å². The molecule has 3 N–H and O–H groups in total. The van der Waals surface area contributed by atoms with E-state index in [9.17, 15) is 9.59 Å². The van der Waals surface area contributed by atoms with E-state index in [-0.39, 0.29) is 30.3 Å². The largest absolute Gasteiger partial charge is 0.337 e. The molecule has 7 nitrogen and oxygen atoms in total. The topological polar surface area (TPSA) is 88.1 Å². The quantitative estimate of drug-likeness (QED) is 0.531. The summed E-state index contributed by atoms with van der Waals surface area (Å²) < 4.78 is 1.75. The van der Waals surface area contributed by atoms with Crippen molar-refractivity contribution in [3.05, 3.63) is 78.0 Å². The van der Waals surface area contributed by atoms with Gasteiger partial charge in [-0.25, -0.2) is 9.48 Å². The molecular formula is C24H29N5O2. The van der Waals surface area contributed by atoms with Crippen LogP contribution < -0.4 is 16.0 Å². The lowest BCUT2D eigenvalue weighted by atomic mass is 9.87. The summed E-state index contributed by atoms with van der Waals surface area (Å²) >= 11 is 0. The van der Waals surface area contributed by atoms with E-state index in [0.717, 1.165) is 5.56 Å². The number of amides is 3. The number of nitrogens with one attached hydrogen (secondary N) is 3. The molecule has 0 atom stereocenters. The minimum absolute atomic E-state index is 0.107. The van der Waals surface area contributed by atoms with E-state index in [4.69, 9.17) is 0 Å². The van der Waals surface area contributed by atoms with Crippen molar-refractivity contribution in [1.82, 2.24) is 15.1 Å². The maximum Gasteiger partial charge on any atom is 0.319 e. The van der Waals surface area contributed by atoms with Gasteiger partial charge in [0.2, 0.25) is 5.91 Å². The lowest BCUT2D eigenvalue weighted by Gasteiger charge is -2.19. The van der Waals surface area contributed by atoms with Crippen LogP contribution >= 0.6 is 0 Å². The maximum atomic E-state index is 12.3. The number of carbonyl (C=O) groups excluding carboxylic acids is 2. The Morgan fingerprint density at radius 2 is 1.65 bits per heavy atom. The standard InChI is InChI=1S/C24H29N5O2/c1-24(2,3)19-11-9-18(10-12-19)17-29-21(13-16-26-29)28-22(30)14-15-25-23(31)27-20-7-5-4-6-8-20/h4-13,16H,14-15,17H2,1-3H3,(H,28,30)(H2,25,27,31). The minimum atomic E-state index is -0.345. The molecule has 0 spiro atoms. The van der Waals surface area contributed by atoms with Crippen LogP contribution in [0.1, 0.15) is 38.3 Å². The Balaban J connectivity index is 1.47. The van der Waals surface area contributed by atoms with Gasteiger partial charge in [0.25, 0.3) is 0 Å². The number of hydrogen-bond acceptors (Lipinski definition) is 3. The van der Waals surface area contributed by atoms with Crippen LogP contribution in [0, 0.1) is 0 Å². The average Bonchev–Trinajstić information content (AvgIpc) is 3.15. The van der Waals surface area contributed by atoms with Gasteiger partial charge in [-0.2, -0.15) is 5.10 Å². The molecule has 1 heterocycles. The fraction of sp³-hybridized carbons (Fsp3) is 0.292. The number of aromatic nitrogens is 2. The van der Waals surface area contributed by atoms with Crippen LogP contribution in [0.3, 0.4) is 0 Å². The first kappa shape index (κ1) is 22.1. The van der Waals surface area contributed by atoms with Gasteiger partial charge in [-0.1, -0.05) is 63.2 Å². The molecule has 0 aliphatic rings. The smallest absolute Gasteiger partial charge is 0.319 e. The van der Waals surface area contributed by atoms with Crippen molar-refractivity contribution in [3.63, 3.8) is 0 Å². The minimum Gasteiger partial charge on any atom is -0.337 e. The highest BCUT2D eigenvalue weighted by Gasteiger charge is 2.13. The third-order valence-corrected chi connectivity index (χ3v) is 4.81. The summed E-state index contributed by atoms with van der Waals surface area (Å²) in [6.07, 6.45) is 1.82. The Bertz CT molecular complexity index is 1000. The maximum absolute atomic E-state index is 12.3. The number of hydrogen-bond donors (Lipinski definition) is 3. The first-order chi connectivity index (χ1) is 14.8. The molecule has 3 amide bonds. The summed E-state index contributed by atoms with van der Waals surface area (Å²) in [5.41, 5.74) is 3.18. The third-order valence-electron chi connectivity index (χ3n) is 4.81. The van der Waals surface area contributed by atoms with E-state index in [1.165, 1.54) is 5.56 Å². The van der Waals surface area contributed by atoms with Gasteiger partial charge in [-0.05, 0) is 28.7 Å². The molecule has 2 aromatic carbocycles. The molecule has 162 valence electrons. The van der Waals surface area contributed by atoms with Crippen molar-refractivity contribution < 1.29 is 9.59 Å². The van der Waals surface area contributed by atoms with Crippen LogP contribution in [0.2, 0.25) is 0 Å². The molecule has 3 aromatic rings. The predicted molar refractivity (Wildman–Crippen MR) is 123 cm³/mol. The normalized spacial score (nSPS) is 11.1. The first-order valence-corrected chi connectivity index (χ1v) is 10.3. The third kappa shape index (κ3) is 6.70. The molecule has 0 unspecified atom stereocenters. The van der Waals surface area contributed by atoms with E-state index in [1.54, 1.807) is 29.1 Å².